The van der Waals surface area contributed by atoms with Gasteiger partial charge >= 0.3 is 18.1 Å². The Bertz CT molecular complexity index is 537. The second kappa shape index (κ2) is 7.43. The minimum absolute atomic E-state index is 0. The molecule has 3 nitrogen and oxygen atoms in total. The number of halogens is 7. The van der Waals surface area contributed by atoms with Gasteiger partial charge in [0.15, 0.2) is 0 Å². The topological polar surface area (TPSA) is 52.3 Å². The molecule has 0 heterocycles. The lowest BCUT2D eigenvalue weighted by molar-refractivity contribution is -0.174. The summed E-state index contributed by atoms with van der Waals surface area (Å²) in [6.45, 7) is 0.999. The van der Waals surface area contributed by atoms with E-state index in [0.717, 1.165) is 12.1 Å². The van der Waals surface area contributed by atoms with Crippen LogP contribution in [0.3, 0.4) is 0 Å². The maximum absolute atomic E-state index is 13.7. The first-order valence-electron chi connectivity index (χ1n) is 5.69. The van der Waals surface area contributed by atoms with Gasteiger partial charge in [-0.3, -0.25) is 0 Å². The van der Waals surface area contributed by atoms with E-state index in [2.05, 4.69) is 4.74 Å². The fraction of sp³-hybridized carbons (Fsp3) is 0.417. The monoisotopic (exact) mass is 367 g/mol. The molecular weight excluding hydrogens is 356 g/mol. The Balaban J connectivity index is 0.00000441. The molecule has 0 aliphatic carbocycles. The fourth-order valence-corrected chi connectivity index (χ4v) is 1.74. The summed E-state index contributed by atoms with van der Waals surface area (Å²) in [5.74, 6) is -6.06. The van der Waals surface area contributed by atoms with Crippen LogP contribution in [-0.2, 0) is 15.7 Å². The van der Waals surface area contributed by atoms with E-state index in [4.69, 9.17) is 17.3 Å². The van der Waals surface area contributed by atoms with E-state index in [1.165, 1.54) is 6.92 Å². The summed E-state index contributed by atoms with van der Waals surface area (Å²) in [6, 6.07) is -0.203. The molecule has 0 saturated heterocycles. The van der Waals surface area contributed by atoms with E-state index in [1.54, 1.807) is 0 Å². The number of hydrogen-bond acceptors (Lipinski definition) is 3. The van der Waals surface area contributed by atoms with Crippen molar-refractivity contribution < 1.29 is 31.5 Å². The number of ether oxygens (including phenoxy) is 1. The Morgan fingerprint density at radius 2 is 1.86 bits per heavy atom. The summed E-state index contributed by atoms with van der Waals surface area (Å²) in [5, 5.41) is -0.655. The van der Waals surface area contributed by atoms with Crippen molar-refractivity contribution >= 4 is 30.0 Å². The van der Waals surface area contributed by atoms with Crippen molar-refractivity contribution in [2.75, 3.05) is 6.61 Å². The van der Waals surface area contributed by atoms with Crippen LogP contribution in [0.4, 0.5) is 22.0 Å². The normalized spacial score (nSPS) is 13.3. The summed E-state index contributed by atoms with van der Waals surface area (Å²) in [5.41, 5.74) is 3.32. The molecule has 1 atom stereocenters. The first-order valence-corrected chi connectivity index (χ1v) is 6.06. The number of hydrogen-bond donors (Lipinski definition) is 1. The third kappa shape index (κ3) is 4.44. The van der Waals surface area contributed by atoms with Crippen LogP contribution in [0.25, 0.3) is 0 Å². The molecule has 0 unspecified atom stereocenters. The summed E-state index contributed by atoms with van der Waals surface area (Å²) >= 11 is 5.37. The number of benzene rings is 1. The van der Waals surface area contributed by atoms with Gasteiger partial charge in [0.2, 0.25) is 0 Å². The van der Waals surface area contributed by atoms with Crippen LogP contribution >= 0.6 is 24.0 Å². The van der Waals surface area contributed by atoms with Crippen molar-refractivity contribution in [3.8, 4) is 0 Å². The average Bonchev–Trinajstić information content (AvgIpc) is 2.37. The van der Waals surface area contributed by atoms with E-state index in [9.17, 15) is 26.7 Å². The molecule has 0 fully saturated rings. The van der Waals surface area contributed by atoms with Gasteiger partial charge in [-0.15, -0.1) is 12.4 Å². The first-order chi connectivity index (χ1) is 9.51. The van der Waals surface area contributed by atoms with Crippen LogP contribution in [0.1, 0.15) is 24.1 Å². The summed E-state index contributed by atoms with van der Waals surface area (Å²) in [4.78, 5) is 11.1. The van der Waals surface area contributed by atoms with Crippen LogP contribution in [0, 0.1) is 0 Å². The molecule has 126 valence electrons. The molecule has 0 aliphatic rings. The molecule has 1 aromatic carbocycles. The molecule has 1 rings (SSSR count). The zero-order valence-electron chi connectivity index (χ0n) is 11.1. The zero-order chi connectivity index (χ0) is 16.4. The minimum Gasteiger partial charge on any atom is -0.462 e. The predicted octanol–water partition coefficient (Wildman–Crippen LogP) is 3.98. The zero-order valence-corrected chi connectivity index (χ0v) is 12.7. The van der Waals surface area contributed by atoms with Gasteiger partial charge in [0, 0.05) is 0 Å². The number of esters is 1. The van der Waals surface area contributed by atoms with E-state index in [-0.39, 0.29) is 19.0 Å². The van der Waals surface area contributed by atoms with Crippen molar-refractivity contribution in [2.45, 2.75) is 25.1 Å². The van der Waals surface area contributed by atoms with Crippen LogP contribution in [0.5, 0.6) is 0 Å². The standard InChI is InChI=1S/C12H11ClF5NO2.ClH/c1-2-21-10(20)11(14,15)9(19)6-3-4-8(13)7(5-6)12(16,17)18;/h3-5,9H,2,19H2,1H3;1H/t9-;/m0./s1. The smallest absolute Gasteiger partial charge is 0.417 e. The van der Waals surface area contributed by atoms with Crippen molar-refractivity contribution in [3.05, 3.63) is 34.3 Å². The van der Waals surface area contributed by atoms with Crippen molar-refractivity contribution in [3.63, 3.8) is 0 Å². The van der Waals surface area contributed by atoms with Crippen LogP contribution in [0.15, 0.2) is 18.2 Å². The van der Waals surface area contributed by atoms with E-state index in [0.29, 0.717) is 6.07 Å². The molecule has 2 N–H and O–H groups in total. The lowest BCUT2D eigenvalue weighted by atomic mass is 9.99. The number of alkyl halides is 5. The van der Waals surface area contributed by atoms with Crippen LogP contribution < -0.4 is 5.73 Å². The van der Waals surface area contributed by atoms with Crippen molar-refractivity contribution in [1.82, 2.24) is 0 Å². The lowest BCUT2D eigenvalue weighted by Gasteiger charge is -2.22. The second-order valence-electron chi connectivity index (χ2n) is 4.06. The Morgan fingerprint density at radius 3 is 2.32 bits per heavy atom. The molecule has 10 heteroatoms. The Morgan fingerprint density at radius 1 is 1.32 bits per heavy atom. The SMILES string of the molecule is CCOC(=O)C(F)(F)[C@@H](N)c1ccc(Cl)c(C(F)(F)F)c1.Cl. The van der Waals surface area contributed by atoms with E-state index < -0.39 is 40.3 Å². The third-order valence-corrected chi connectivity index (χ3v) is 2.92. The molecule has 0 bridgehead atoms. The van der Waals surface area contributed by atoms with E-state index >= 15 is 0 Å². The van der Waals surface area contributed by atoms with Gasteiger partial charge in [0.05, 0.1) is 17.2 Å². The van der Waals surface area contributed by atoms with Crippen molar-refractivity contribution in [2.24, 2.45) is 5.73 Å². The maximum atomic E-state index is 13.7. The Labute approximate surface area is 134 Å². The van der Waals surface area contributed by atoms with Crippen molar-refractivity contribution in [1.29, 1.82) is 0 Å². The molecule has 0 saturated carbocycles. The molecule has 0 radical (unpaired) electrons. The largest absolute Gasteiger partial charge is 0.462 e. The van der Waals surface area contributed by atoms with Gasteiger partial charge in [-0.2, -0.15) is 22.0 Å². The molecule has 0 amide bonds. The van der Waals surface area contributed by atoms with Gasteiger partial charge in [0.25, 0.3) is 0 Å². The molecule has 0 aliphatic heterocycles. The van der Waals surface area contributed by atoms with Gasteiger partial charge in [-0.25, -0.2) is 4.79 Å². The lowest BCUT2D eigenvalue weighted by Crippen LogP contribution is -2.41. The molecule has 1 aromatic rings. The molecule has 22 heavy (non-hydrogen) atoms. The van der Waals surface area contributed by atoms with Gasteiger partial charge in [-0.05, 0) is 24.6 Å². The molecular formula is C12H12Cl2F5NO2. The quantitative estimate of drug-likeness (QED) is 0.646. The van der Waals surface area contributed by atoms with Gasteiger partial charge < -0.3 is 10.5 Å². The summed E-state index contributed by atoms with van der Waals surface area (Å²) in [6.07, 6.45) is -4.83. The Hall–Kier alpha value is -1.12. The number of carbonyl (C=O) groups excluding carboxylic acids is 1. The average molecular weight is 368 g/mol. The Kier molecular flexibility index (Phi) is 7.05. The molecule has 0 spiro atoms. The highest BCUT2D eigenvalue weighted by atomic mass is 35.5. The predicted molar refractivity (Wildman–Crippen MR) is 72.2 cm³/mol. The van der Waals surface area contributed by atoms with E-state index in [1.807, 2.05) is 0 Å². The summed E-state index contributed by atoms with van der Waals surface area (Å²) < 4.78 is 69.5. The number of rotatable bonds is 4. The maximum Gasteiger partial charge on any atom is 0.417 e. The first kappa shape index (κ1) is 20.9. The van der Waals surface area contributed by atoms with Crippen LogP contribution in [-0.4, -0.2) is 18.5 Å². The van der Waals surface area contributed by atoms with Crippen LogP contribution in [0.2, 0.25) is 5.02 Å². The van der Waals surface area contributed by atoms with Gasteiger partial charge in [-0.1, -0.05) is 17.7 Å². The minimum atomic E-state index is -4.83. The number of carbonyl (C=O) groups is 1. The fourth-order valence-electron chi connectivity index (χ4n) is 1.52. The second-order valence-corrected chi connectivity index (χ2v) is 4.47. The highest BCUT2D eigenvalue weighted by Gasteiger charge is 2.48. The summed E-state index contributed by atoms with van der Waals surface area (Å²) in [7, 11) is 0. The highest BCUT2D eigenvalue weighted by Crippen LogP contribution is 2.38. The van der Waals surface area contributed by atoms with Gasteiger partial charge in [0.1, 0.15) is 6.04 Å². The molecule has 0 aromatic heterocycles. The highest BCUT2D eigenvalue weighted by molar-refractivity contribution is 6.31. The third-order valence-electron chi connectivity index (χ3n) is 2.59. The number of nitrogens with two attached hydrogens (primary N) is 1.